The Labute approximate surface area is 117 Å². The summed E-state index contributed by atoms with van der Waals surface area (Å²) in [6.07, 6.45) is 3.73. The van der Waals surface area contributed by atoms with E-state index in [2.05, 4.69) is 46.9 Å². The topological polar surface area (TPSA) is 35.2 Å². The van der Waals surface area contributed by atoms with Gasteiger partial charge in [0.25, 0.3) is 0 Å². The molecule has 2 N–H and O–H groups in total. The SMILES string of the molecule is CCOC(C(N)Cc1ccc(I)cc1)C1CC1. The molecular weight excluding hydrogens is 325 g/mol. The van der Waals surface area contributed by atoms with Gasteiger partial charge in [0.1, 0.15) is 0 Å². The molecule has 3 heteroatoms. The third-order valence-electron chi connectivity index (χ3n) is 3.25. The van der Waals surface area contributed by atoms with E-state index in [0.29, 0.717) is 5.92 Å². The second-order valence-corrected chi connectivity index (χ2v) is 6.00. The number of halogens is 1. The van der Waals surface area contributed by atoms with Crippen molar-refractivity contribution < 1.29 is 4.74 Å². The van der Waals surface area contributed by atoms with E-state index in [-0.39, 0.29) is 12.1 Å². The first kappa shape index (κ1) is 13.3. The molecule has 0 bridgehead atoms. The van der Waals surface area contributed by atoms with E-state index in [0.717, 1.165) is 13.0 Å². The molecule has 0 aromatic heterocycles. The van der Waals surface area contributed by atoms with Crippen LogP contribution in [0.15, 0.2) is 24.3 Å². The van der Waals surface area contributed by atoms with Crippen molar-refractivity contribution in [1.82, 2.24) is 0 Å². The highest BCUT2D eigenvalue weighted by molar-refractivity contribution is 14.1. The molecule has 0 radical (unpaired) electrons. The normalized spacial score (nSPS) is 19.0. The largest absolute Gasteiger partial charge is 0.377 e. The quantitative estimate of drug-likeness (QED) is 0.805. The van der Waals surface area contributed by atoms with Crippen molar-refractivity contribution in [3.05, 3.63) is 33.4 Å². The minimum atomic E-state index is 0.127. The van der Waals surface area contributed by atoms with E-state index in [1.165, 1.54) is 22.0 Å². The molecule has 0 amide bonds. The van der Waals surface area contributed by atoms with Crippen molar-refractivity contribution >= 4 is 22.6 Å². The molecular formula is C14H20INO. The van der Waals surface area contributed by atoms with E-state index < -0.39 is 0 Å². The summed E-state index contributed by atoms with van der Waals surface area (Å²) in [7, 11) is 0. The summed E-state index contributed by atoms with van der Waals surface area (Å²) in [5.74, 6) is 0.703. The molecule has 2 rings (SSSR count). The number of ether oxygens (including phenoxy) is 1. The van der Waals surface area contributed by atoms with Crippen LogP contribution in [0.3, 0.4) is 0 Å². The Morgan fingerprint density at radius 3 is 2.53 bits per heavy atom. The van der Waals surface area contributed by atoms with Crippen molar-refractivity contribution in [2.24, 2.45) is 11.7 Å². The number of benzene rings is 1. The first-order valence-corrected chi connectivity index (χ1v) is 7.40. The van der Waals surface area contributed by atoms with E-state index >= 15 is 0 Å². The zero-order valence-electron chi connectivity index (χ0n) is 10.2. The predicted octanol–water partition coefficient (Wildman–Crippen LogP) is 2.98. The maximum atomic E-state index is 6.29. The Morgan fingerprint density at radius 2 is 2.00 bits per heavy atom. The van der Waals surface area contributed by atoms with Crippen LogP contribution in [0.1, 0.15) is 25.3 Å². The second-order valence-electron chi connectivity index (χ2n) is 4.75. The van der Waals surface area contributed by atoms with Crippen molar-refractivity contribution in [2.45, 2.75) is 38.3 Å². The highest BCUT2D eigenvalue weighted by atomic mass is 127. The maximum Gasteiger partial charge on any atom is 0.0757 e. The van der Waals surface area contributed by atoms with Gasteiger partial charge >= 0.3 is 0 Å². The lowest BCUT2D eigenvalue weighted by molar-refractivity contribution is 0.0288. The van der Waals surface area contributed by atoms with Crippen LogP contribution in [-0.2, 0) is 11.2 Å². The van der Waals surface area contributed by atoms with Crippen molar-refractivity contribution in [1.29, 1.82) is 0 Å². The highest BCUT2D eigenvalue weighted by Gasteiger charge is 2.35. The molecule has 2 atom stereocenters. The average molecular weight is 345 g/mol. The fourth-order valence-electron chi connectivity index (χ4n) is 2.24. The first-order valence-electron chi connectivity index (χ1n) is 6.32. The van der Waals surface area contributed by atoms with E-state index in [4.69, 9.17) is 10.5 Å². The molecule has 2 unspecified atom stereocenters. The van der Waals surface area contributed by atoms with E-state index in [1.54, 1.807) is 0 Å². The van der Waals surface area contributed by atoms with Gasteiger partial charge in [0.2, 0.25) is 0 Å². The van der Waals surface area contributed by atoms with Gasteiger partial charge in [-0.1, -0.05) is 12.1 Å². The van der Waals surface area contributed by atoms with Gasteiger partial charge in [-0.2, -0.15) is 0 Å². The van der Waals surface area contributed by atoms with Crippen molar-refractivity contribution in [2.75, 3.05) is 6.61 Å². The van der Waals surface area contributed by atoms with Crippen molar-refractivity contribution in [3.8, 4) is 0 Å². The van der Waals surface area contributed by atoms with Gasteiger partial charge in [-0.3, -0.25) is 0 Å². The number of hydrogen-bond acceptors (Lipinski definition) is 2. The molecule has 1 fully saturated rings. The van der Waals surface area contributed by atoms with Gasteiger partial charge in [0.15, 0.2) is 0 Å². The summed E-state index contributed by atoms with van der Waals surface area (Å²) in [5, 5.41) is 0. The van der Waals surface area contributed by atoms with Gasteiger partial charge < -0.3 is 10.5 Å². The van der Waals surface area contributed by atoms with E-state index in [9.17, 15) is 0 Å². The number of nitrogens with two attached hydrogens (primary N) is 1. The molecule has 1 aromatic rings. The van der Waals surface area contributed by atoms with Gasteiger partial charge in [-0.05, 0) is 72.4 Å². The summed E-state index contributed by atoms with van der Waals surface area (Å²) in [5.41, 5.74) is 7.60. The third-order valence-corrected chi connectivity index (χ3v) is 3.97. The zero-order chi connectivity index (χ0) is 12.3. The molecule has 2 nitrogen and oxygen atoms in total. The fourth-order valence-corrected chi connectivity index (χ4v) is 2.59. The molecule has 0 aliphatic heterocycles. The van der Waals surface area contributed by atoms with Gasteiger partial charge in [0, 0.05) is 16.2 Å². The van der Waals surface area contributed by atoms with Crippen molar-refractivity contribution in [3.63, 3.8) is 0 Å². The fraction of sp³-hybridized carbons (Fsp3) is 0.571. The third kappa shape index (κ3) is 3.93. The van der Waals surface area contributed by atoms with Crippen LogP contribution in [-0.4, -0.2) is 18.8 Å². The monoisotopic (exact) mass is 345 g/mol. The summed E-state index contributed by atoms with van der Waals surface area (Å²) < 4.78 is 7.06. The van der Waals surface area contributed by atoms with Crippen LogP contribution in [0.2, 0.25) is 0 Å². The molecule has 1 saturated carbocycles. The molecule has 0 saturated heterocycles. The van der Waals surface area contributed by atoms with Gasteiger partial charge in [0.05, 0.1) is 6.10 Å². The van der Waals surface area contributed by atoms with Crippen LogP contribution in [0.4, 0.5) is 0 Å². The minimum Gasteiger partial charge on any atom is -0.377 e. The minimum absolute atomic E-state index is 0.127. The molecule has 17 heavy (non-hydrogen) atoms. The van der Waals surface area contributed by atoms with Crippen LogP contribution in [0.5, 0.6) is 0 Å². The molecule has 1 aromatic carbocycles. The molecule has 94 valence electrons. The Balaban J connectivity index is 1.94. The summed E-state index contributed by atoms with van der Waals surface area (Å²) in [4.78, 5) is 0. The maximum absolute atomic E-state index is 6.29. The van der Waals surface area contributed by atoms with E-state index in [1.807, 2.05) is 6.92 Å². The van der Waals surface area contributed by atoms with Gasteiger partial charge in [-0.25, -0.2) is 0 Å². The lowest BCUT2D eigenvalue weighted by Crippen LogP contribution is -2.40. The Morgan fingerprint density at radius 1 is 1.35 bits per heavy atom. The number of rotatable bonds is 6. The Hall–Kier alpha value is -0.130. The van der Waals surface area contributed by atoms with Crippen LogP contribution < -0.4 is 5.73 Å². The van der Waals surface area contributed by atoms with Gasteiger partial charge in [-0.15, -0.1) is 0 Å². The summed E-state index contributed by atoms with van der Waals surface area (Å²) in [6, 6.07) is 8.72. The standard InChI is InChI=1S/C14H20INO/c1-2-17-14(11-5-6-11)13(16)9-10-3-7-12(15)8-4-10/h3-4,7-8,11,13-14H,2,5-6,9,16H2,1H3. The van der Waals surface area contributed by atoms with Crippen LogP contribution in [0.25, 0.3) is 0 Å². The zero-order valence-corrected chi connectivity index (χ0v) is 12.4. The first-order chi connectivity index (χ1) is 8.20. The molecule has 1 aliphatic rings. The molecule has 0 spiro atoms. The summed E-state index contributed by atoms with van der Waals surface area (Å²) in [6.45, 7) is 2.81. The Bertz CT molecular complexity index is 348. The second kappa shape index (κ2) is 6.16. The number of hydrogen-bond donors (Lipinski definition) is 1. The lowest BCUT2D eigenvalue weighted by Gasteiger charge is -2.23. The average Bonchev–Trinajstić information content (AvgIpc) is 3.13. The lowest BCUT2D eigenvalue weighted by atomic mass is 9.99. The van der Waals surface area contributed by atoms with Crippen LogP contribution in [0, 0.1) is 9.49 Å². The summed E-state index contributed by atoms with van der Waals surface area (Å²) >= 11 is 2.32. The molecule has 0 heterocycles. The Kier molecular flexibility index (Phi) is 4.82. The predicted molar refractivity (Wildman–Crippen MR) is 79.0 cm³/mol. The molecule has 1 aliphatic carbocycles. The van der Waals surface area contributed by atoms with Crippen LogP contribution >= 0.6 is 22.6 Å². The smallest absolute Gasteiger partial charge is 0.0757 e. The highest BCUT2D eigenvalue weighted by Crippen LogP contribution is 2.36.